The van der Waals surface area contributed by atoms with Crippen LogP contribution in [0.25, 0.3) is 0 Å². The van der Waals surface area contributed by atoms with Crippen molar-refractivity contribution in [2.24, 2.45) is 5.73 Å². The highest BCUT2D eigenvalue weighted by molar-refractivity contribution is 6.03. The van der Waals surface area contributed by atoms with Crippen molar-refractivity contribution in [3.63, 3.8) is 0 Å². The van der Waals surface area contributed by atoms with Gasteiger partial charge in [0.1, 0.15) is 6.04 Å². The second-order valence-electron chi connectivity index (χ2n) is 3.93. The number of carbonyl (C=O) groups is 1. The van der Waals surface area contributed by atoms with E-state index in [0.717, 1.165) is 16.8 Å². The average Bonchev–Trinajstić information content (AvgIpc) is 2.43. The first-order valence-electron chi connectivity index (χ1n) is 4.80. The SMILES string of the molecule is CC(C)c1cccc2c1NC(=O)[C@H]2N. The summed E-state index contributed by atoms with van der Waals surface area (Å²) in [5, 5.41) is 2.83. The molecule has 1 atom stereocenters. The van der Waals surface area contributed by atoms with E-state index in [-0.39, 0.29) is 5.91 Å². The Morgan fingerprint density at radius 3 is 2.79 bits per heavy atom. The number of nitrogens with one attached hydrogen (secondary N) is 1. The van der Waals surface area contributed by atoms with E-state index in [1.807, 2.05) is 18.2 Å². The minimum absolute atomic E-state index is 0.104. The van der Waals surface area contributed by atoms with Gasteiger partial charge in [-0.1, -0.05) is 32.0 Å². The van der Waals surface area contributed by atoms with Gasteiger partial charge in [-0.2, -0.15) is 0 Å². The van der Waals surface area contributed by atoms with Gasteiger partial charge in [-0.3, -0.25) is 4.79 Å². The molecule has 1 aromatic carbocycles. The lowest BCUT2D eigenvalue weighted by atomic mass is 9.97. The van der Waals surface area contributed by atoms with Gasteiger partial charge < -0.3 is 11.1 Å². The number of fused-ring (bicyclic) bond motifs is 1. The molecule has 0 fully saturated rings. The third-order valence-corrected chi connectivity index (χ3v) is 2.62. The maximum Gasteiger partial charge on any atom is 0.245 e. The molecule has 3 heteroatoms. The highest BCUT2D eigenvalue weighted by atomic mass is 16.2. The summed E-state index contributed by atoms with van der Waals surface area (Å²) in [7, 11) is 0. The van der Waals surface area contributed by atoms with E-state index in [2.05, 4.69) is 19.2 Å². The molecule has 0 bridgehead atoms. The van der Waals surface area contributed by atoms with Crippen molar-refractivity contribution >= 4 is 11.6 Å². The summed E-state index contributed by atoms with van der Waals surface area (Å²) >= 11 is 0. The van der Waals surface area contributed by atoms with Crippen LogP contribution in [0.15, 0.2) is 18.2 Å². The molecule has 0 aliphatic carbocycles. The Hall–Kier alpha value is -1.35. The first-order chi connectivity index (χ1) is 6.61. The van der Waals surface area contributed by atoms with Crippen LogP contribution in [-0.4, -0.2) is 5.91 Å². The quantitative estimate of drug-likeness (QED) is 0.709. The molecule has 0 saturated carbocycles. The smallest absolute Gasteiger partial charge is 0.245 e. The van der Waals surface area contributed by atoms with Crippen molar-refractivity contribution in [3.8, 4) is 0 Å². The van der Waals surface area contributed by atoms with Gasteiger partial charge in [0, 0.05) is 11.3 Å². The van der Waals surface area contributed by atoms with Crippen LogP contribution in [-0.2, 0) is 4.79 Å². The van der Waals surface area contributed by atoms with E-state index < -0.39 is 6.04 Å². The van der Waals surface area contributed by atoms with E-state index >= 15 is 0 Å². The van der Waals surface area contributed by atoms with Gasteiger partial charge in [-0.25, -0.2) is 0 Å². The molecule has 0 aromatic heterocycles. The Morgan fingerprint density at radius 1 is 1.43 bits per heavy atom. The highest BCUT2D eigenvalue weighted by Crippen LogP contribution is 2.35. The molecule has 1 aliphatic heterocycles. The van der Waals surface area contributed by atoms with Gasteiger partial charge in [0.05, 0.1) is 0 Å². The van der Waals surface area contributed by atoms with Crippen molar-refractivity contribution in [3.05, 3.63) is 29.3 Å². The molecule has 3 N–H and O–H groups in total. The zero-order chi connectivity index (χ0) is 10.3. The Kier molecular flexibility index (Phi) is 2.04. The number of benzene rings is 1. The normalized spacial score (nSPS) is 19.7. The molecule has 1 amide bonds. The summed E-state index contributed by atoms with van der Waals surface area (Å²) in [6.07, 6.45) is 0. The van der Waals surface area contributed by atoms with Gasteiger partial charge in [-0.15, -0.1) is 0 Å². The standard InChI is InChI=1S/C11H14N2O/c1-6(2)7-4-3-5-8-9(12)11(14)13-10(7)8/h3-6,9H,12H2,1-2H3,(H,13,14)/t9-/m0/s1. The fourth-order valence-electron chi connectivity index (χ4n) is 1.82. The van der Waals surface area contributed by atoms with E-state index in [1.165, 1.54) is 0 Å². The zero-order valence-electron chi connectivity index (χ0n) is 8.37. The first kappa shape index (κ1) is 9.21. The van der Waals surface area contributed by atoms with Gasteiger partial charge in [0.25, 0.3) is 0 Å². The lowest BCUT2D eigenvalue weighted by molar-refractivity contribution is -0.116. The summed E-state index contributed by atoms with van der Waals surface area (Å²) in [6, 6.07) is 5.39. The molecule has 3 nitrogen and oxygen atoms in total. The van der Waals surface area contributed by atoms with Crippen LogP contribution in [0, 0.1) is 0 Å². The topological polar surface area (TPSA) is 55.1 Å². The first-order valence-corrected chi connectivity index (χ1v) is 4.80. The molecule has 1 aliphatic rings. The minimum atomic E-state index is -0.497. The van der Waals surface area contributed by atoms with E-state index in [9.17, 15) is 4.79 Å². The van der Waals surface area contributed by atoms with Gasteiger partial charge >= 0.3 is 0 Å². The van der Waals surface area contributed by atoms with Crippen LogP contribution in [0.3, 0.4) is 0 Å². The predicted molar refractivity (Wildman–Crippen MR) is 56.1 cm³/mol. The van der Waals surface area contributed by atoms with Crippen LogP contribution in [0.5, 0.6) is 0 Å². The summed E-state index contributed by atoms with van der Waals surface area (Å²) < 4.78 is 0. The average molecular weight is 190 g/mol. The Labute approximate surface area is 83.3 Å². The van der Waals surface area contributed by atoms with Crippen LogP contribution in [0.1, 0.15) is 36.9 Å². The maximum absolute atomic E-state index is 11.4. The molecule has 1 heterocycles. The molecule has 0 spiro atoms. The van der Waals surface area contributed by atoms with Crippen molar-refractivity contribution in [1.29, 1.82) is 0 Å². The number of nitrogens with two attached hydrogens (primary N) is 1. The van der Waals surface area contributed by atoms with Crippen LogP contribution in [0.4, 0.5) is 5.69 Å². The molecule has 14 heavy (non-hydrogen) atoms. The van der Waals surface area contributed by atoms with Crippen LogP contribution < -0.4 is 11.1 Å². The third kappa shape index (κ3) is 1.21. The molecule has 1 aromatic rings. The molecule has 0 unspecified atom stereocenters. The molecule has 0 saturated heterocycles. The van der Waals surface area contributed by atoms with Gasteiger partial charge in [-0.05, 0) is 11.5 Å². The summed E-state index contributed by atoms with van der Waals surface area (Å²) in [5.74, 6) is 0.295. The number of hydrogen-bond donors (Lipinski definition) is 2. The number of hydrogen-bond acceptors (Lipinski definition) is 2. The Morgan fingerprint density at radius 2 is 2.14 bits per heavy atom. The minimum Gasteiger partial charge on any atom is -0.324 e. The molecular weight excluding hydrogens is 176 g/mol. The van der Waals surface area contributed by atoms with Crippen LogP contribution >= 0.6 is 0 Å². The molecular formula is C11H14N2O. The van der Waals surface area contributed by atoms with Crippen LogP contribution in [0.2, 0.25) is 0 Å². The maximum atomic E-state index is 11.4. The number of rotatable bonds is 1. The number of amides is 1. The van der Waals surface area contributed by atoms with E-state index in [1.54, 1.807) is 0 Å². The van der Waals surface area contributed by atoms with Gasteiger partial charge in [0.2, 0.25) is 5.91 Å². The van der Waals surface area contributed by atoms with Crippen molar-refractivity contribution in [2.45, 2.75) is 25.8 Å². The fraction of sp³-hybridized carbons (Fsp3) is 0.364. The van der Waals surface area contributed by atoms with E-state index in [4.69, 9.17) is 5.73 Å². The van der Waals surface area contributed by atoms with Crippen molar-refractivity contribution < 1.29 is 4.79 Å². The second-order valence-corrected chi connectivity index (χ2v) is 3.93. The molecule has 0 radical (unpaired) electrons. The number of carbonyl (C=O) groups excluding carboxylic acids is 1. The molecule has 74 valence electrons. The lowest BCUT2D eigenvalue weighted by Gasteiger charge is -2.10. The monoisotopic (exact) mass is 190 g/mol. The van der Waals surface area contributed by atoms with Gasteiger partial charge in [0.15, 0.2) is 0 Å². The number of anilines is 1. The lowest BCUT2D eigenvalue weighted by Crippen LogP contribution is -2.19. The summed E-state index contributed by atoms with van der Waals surface area (Å²) in [6.45, 7) is 4.21. The van der Waals surface area contributed by atoms with E-state index in [0.29, 0.717) is 5.92 Å². The fourth-order valence-corrected chi connectivity index (χ4v) is 1.82. The molecule has 2 rings (SSSR count). The predicted octanol–water partition coefficient (Wildman–Crippen LogP) is 1.76. The Balaban J connectivity index is 2.55. The second kappa shape index (κ2) is 3.10. The number of para-hydroxylation sites is 1. The third-order valence-electron chi connectivity index (χ3n) is 2.62. The van der Waals surface area contributed by atoms with Crippen molar-refractivity contribution in [2.75, 3.05) is 5.32 Å². The summed E-state index contributed by atoms with van der Waals surface area (Å²) in [5.41, 5.74) is 8.74. The zero-order valence-corrected chi connectivity index (χ0v) is 8.37. The highest BCUT2D eigenvalue weighted by Gasteiger charge is 2.29. The van der Waals surface area contributed by atoms with Crippen molar-refractivity contribution in [1.82, 2.24) is 0 Å². The Bertz CT molecular complexity index is 385. The largest absolute Gasteiger partial charge is 0.324 e. The summed E-state index contributed by atoms with van der Waals surface area (Å²) in [4.78, 5) is 11.4.